The highest BCUT2D eigenvalue weighted by Crippen LogP contribution is 2.43. The second-order valence-electron chi connectivity index (χ2n) is 3.33. The number of hydrogen-bond donors (Lipinski definition) is 0. The van der Waals surface area contributed by atoms with E-state index in [9.17, 15) is 13.2 Å². The van der Waals surface area contributed by atoms with Crippen molar-refractivity contribution in [2.45, 2.75) is 24.9 Å². The van der Waals surface area contributed by atoms with Gasteiger partial charge in [-0.3, -0.25) is 0 Å². The first-order valence-corrected chi connectivity index (χ1v) is 4.23. The van der Waals surface area contributed by atoms with E-state index < -0.39 is 12.1 Å². The summed E-state index contributed by atoms with van der Waals surface area (Å²) in [5, 5.41) is 0. The van der Waals surface area contributed by atoms with Crippen molar-refractivity contribution in [3.05, 3.63) is 35.4 Å². The number of halogens is 3. The van der Waals surface area contributed by atoms with Gasteiger partial charge in [0.05, 0.1) is 5.92 Å². The molecule has 2 rings (SSSR count). The molecule has 0 radical (unpaired) electrons. The lowest BCUT2D eigenvalue weighted by molar-refractivity contribution is -0.149. The van der Waals surface area contributed by atoms with Crippen molar-refractivity contribution in [1.29, 1.82) is 0 Å². The van der Waals surface area contributed by atoms with Crippen LogP contribution in [0.1, 0.15) is 23.5 Å². The van der Waals surface area contributed by atoms with Gasteiger partial charge in [0.1, 0.15) is 0 Å². The van der Waals surface area contributed by atoms with Gasteiger partial charge < -0.3 is 0 Å². The van der Waals surface area contributed by atoms with E-state index in [1.807, 2.05) is 0 Å². The molecule has 1 aromatic rings. The van der Waals surface area contributed by atoms with Crippen LogP contribution in [0.25, 0.3) is 0 Å². The minimum absolute atomic E-state index is 0.211. The fourth-order valence-corrected chi connectivity index (χ4v) is 1.90. The molecular weight excluding hydrogens is 177 g/mol. The number of benzene rings is 1. The lowest BCUT2D eigenvalue weighted by atomic mass is 10.0. The van der Waals surface area contributed by atoms with Gasteiger partial charge in [0.15, 0.2) is 0 Å². The van der Waals surface area contributed by atoms with Gasteiger partial charge in [-0.25, -0.2) is 0 Å². The SMILES string of the molecule is FC(F)(F)[C@@H]1CCc2ccccc21. The maximum Gasteiger partial charge on any atom is 0.395 e. The summed E-state index contributed by atoms with van der Waals surface area (Å²) < 4.78 is 37.3. The van der Waals surface area contributed by atoms with E-state index in [1.165, 1.54) is 0 Å². The summed E-state index contributed by atoms with van der Waals surface area (Å²) in [4.78, 5) is 0. The van der Waals surface area contributed by atoms with E-state index in [2.05, 4.69) is 0 Å². The van der Waals surface area contributed by atoms with Gasteiger partial charge in [0.25, 0.3) is 0 Å². The molecule has 1 aliphatic rings. The van der Waals surface area contributed by atoms with Crippen molar-refractivity contribution in [2.75, 3.05) is 0 Å². The van der Waals surface area contributed by atoms with Crippen LogP contribution in [0.5, 0.6) is 0 Å². The van der Waals surface area contributed by atoms with Gasteiger partial charge in [0.2, 0.25) is 0 Å². The van der Waals surface area contributed by atoms with Crippen LogP contribution in [0, 0.1) is 0 Å². The quantitative estimate of drug-likeness (QED) is 0.583. The predicted molar refractivity (Wildman–Crippen MR) is 43.6 cm³/mol. The third kappa shape index (κ3) is 1.43. The predicted octanol–water partition coefficient (Wildman–Crippen LogP) is 3.28. The summed E-state index contributed by atoms with van der Waals surface area (Å²) in [6, 6.07) is 6.82. The Bertz CT molecular complexity index is 314. The van der Waals surface area contributed by atoms with E-state index in [4.69, 9.17) is 0 Å². The third-order valence-electron chi connectivity index (χ3n) is 2.53. The number of fused-ring (bicyclic) bond motifs is 1. The largest absolute Gasteiger partial charge is 0.395 e. The molecule has 70 valence electrons. The maximum absolute atomic E-state index is 12.4. The summed E-state index contributed by atoms with van der Waals surface area (Å²) >= 11 is 0. The summed E-state index contributed by atoms with van der Waals surface area (Å²) in [5.41, 5.74) is 1.32. The van der Waals surface area contributed by atoms with Crippen LogP contribution in [-0.4, -0.2) is 6.18 Å². The fraction of sp³-hybridized carbons (Fsp3) is 0.400. The third-order valence-corrected chi connectivity index (χ3v) is 2.53. The molecule has 0 spiro atoms. The number of rotatable bonds is 0. The van der Waals surface area contributed by atoms with E-state index in [0.29, 0.717) is 12.0 Å². The molecule has 0 N–H and O–H groups in total. The normalized spacial score (nSPS) is 21.6. The monoisotopic (exact) mass is 186 g/mol. The average molecular weight is 186 g/mol. The second-order valence-corrected chi connectivity index (χ2v) is 3.33. The van der Waals surface area contributed by atoms with E-state index >= 15 is 0 Å². The zero-order valence-electron chi connectivity index (χ0n) is 6.93. The Kier molecular flexibility index (Phi) is 1.82. The van der Waals surface area contributed by atoms with E-state index in [1.54, 1.807) is 24.3 Å². The Morgan fingerprint density at radius 3 is 2.54 bits per heavy atom. The summed E-state index contributed by atoms with van der Waals surface area (Å²) in [5.74, 6) is -1.23. The minimum atomic E-state index is -4.08. The Balaban J connectivity index is 2.39. The maximum atomic E-state index is 12.4. The molecule has 0 heterocycles. The number of hydrogen-bond acceptors (Lipinski definition) is 0. The highest BCUT2D eigenvalue weighted by molar-refractivity contribution is 5.35. The Morgan fingerprint density at radius 2 is 1.85 bits per heavy atom. The smallest absolute Gasteiger partial charge is 0.170 e. The van der Waals surface area contributed by atoms with Gasteiger partial charge in [0, 0.05) is 0 Å². The van der Waals surface area contributed by atoms with Gasteiger partial charge in [-0.2, -0.15) is 13.2 Å². The zero-order valence-corrected chi connectivity index (χ0v) is 6.93. The molecule has 0 aromatic heterocycles. The van der Waals surface area contributed by atoms with Crippen molar-refractivity contribution in [3.63, 3.8) is 0 Å². The Morgan fingerprint density at radius 1 is 1.15 bits per heavy atom. The zero-order chi connectivity index (χ0) is 9.47. The molecule has 3 heteroatoms. The Labute approximate surface area is 74.4 Å². The molecule has 0 bridgehead atoms. The molecule has 13 heavy (non-hydrogen) atoms. The van der Waals surface area contributed by atoms with Crippen molar-refractivity contribution in [2.24, 2.45) is 0 Å². The van der Waals surface area contributed by atoms with Gasteiger partial charge >= 0.3 is 6.18 Å². The summed E-state index contributed by atoms with van der Waals surface area (Å²) in [6.45, 7) is 0. The first-order valence-electron chi connectivity index (χ1n) is 4.23. The van der Waals surface area contributed by atoms with Gasteiger partial charge in [-0.05, 0) is 24.0 Å². The van der Waals surface area contributed by atoms with Crippen molar-refractivity contribution < 1.29 is 13.2 Å². The molecule has 0 unspecified atom stereocenters. The minimum Gasteiger partial charge on any atom is -0.170 e. The van der Waals surface area contributed by atoms with Crippen LogP contribution in [0.2, 0.25) is 0 Å². The van der Waals surface area contributed by atoms with Crippen LogP contribution in [-0.2, 0) is 6.42 Å². The van der Waals surface area contributed by atoms with Gasteiger partial charge in [-0.15, -0.1) is 0 Å². The highest BCUT2D eigenvalue weighted by atomic mass is 19.4. The van der Waals surface area contributed by atoms with Crippen LogP contribution in [0.4, 0.5) is 13.2 Å². The number of alkyl halides is 3. The first kappa shape index (κ1) is 8.60. The van der Waals surface area contributed by atoms with Crippen LogP contribution >= 0.6 is 0 Å². The molecule has 0 nitrogen and oxygen atoms in total. The van der Waals surface area contributed by atoms with Crippen LogP contribution in [0.15, 0.2) is 24.3 Å². The van der Waals surface area contributed by atoms with Crippen LogP contribution in [0.3, 0.4) is 0 Å². The first-order chi connectivity index (χ1) is 6.09. The van der Waals surface area contributed by atoms with E-state index in [0.717, 1.165) is 5.56 Å². The topological polar surface area (TPSA) is 0 Å². The molecule has 0 aliphatic heterocycles. The molecule has 0 saturated heterocycles. The summed E-state index contributed by atoms with van der Waals surface area (Å²) in [7, 11) is 0. The molecular formula is C10H9F3. The molecule has 1 aliphatic carbocycles. The molecule has 0 fully saturated rings. The second kappa shape index (κ2) is 2.76. The van der Waals surface area contributed by atoms with Crippen molar-refractivity contribution in [1.82, 2.24) is 0 Å². The average Bonchev–Trinajstić information content (AvgIpc) is 2.45. The fourth-order valence-electron chi connectivity index (χ4n) is 1.90. The molecule has 1 atom stereocenters. The lowest BCUT2D eigenvalue weighted by Crippen LogP contribution is -2.18. The van der Waals surface area contributed by atoms with E-state index in [-0.39, 0.29) is 6.42 Å². The van der Waals surface area contributed by atoms with Gasteiger partial charge in [-0.1, -0.05) is 24.3 Å². The Hall–Kier alpha value is -0.990. The standard InChI is InChI=1S/C10H9F3/c11-10(12,13)9-6-5-7-3-1-2-4-8(7)9/h1-4,9H,5-6H2/t9-/m1/s1. The molecule has 0 saturated carbocycles. The number of aryl methyl sites for hydroxylation is 1. The molecule has 0 amide bonds. The van der Waals surface area contributed by atoms with Crippen molar-refractivity contribution >= 4 is 0 Å². The highest BCUT2D eigenvalue weighted by Gasteiger charge is 2.43. The van der Waals surface area contributed by atoms with Crippen LogP contribution < -0.4 is 0 Å². The lowest BCUT2D eigenvalue weighted by Gasteiger charge is -2.15. The van der Waals surface area contributed by atoms with Crippen molar-refractivity contribution in [3.8, 4) is 0 Å². The molecule has 1 aromatic carbocycles. The summed E-state index contributed by atoms with van der Waals surface area (Å²) in [6.07, 6.45) is -3.31.